The van der Waals surface area contributed by atoms with Crippen molar-refractivity contribution in [1.82, 2.24) is 4.90 Å². The molecule has 18 heavy (non-hydrogen) atoms. The Morgan fingerprint density at radius 3 is 2.00 bits per heavy atom. The van der Waals surface area contributed by atoms with Crippen LogP contribution in [-0.2, 0) is 14.3 Å². The van der Waals surface area contributed by atoms with Crippen LogP contribution in [0.1, 0.15) is 27.2 Å². The van der Waals surface area contributed by atoms with Gasteiger partial charge >= 0.3 is 18.0 Å². The van der Waals surface area contributed by atoms with Crippen molar-refractivity contribution in [3.05, 3.63) is 0 Å². The van der Waals surface area contributed by atoms with Crippen molar-refractivity contribution in [2.45, 2.75) is 32.8 Å². The van der Waals surface area contributed by atoms with E-state index in [0.717, 1.165) is 4.90 Å². The third-order valence-corrected chi connectivity index (χ3v) is 2.74. The van der Waals surface area contributed by atoms with Crippen molar-refractivity contribution in [3.63, 3.8) is 0 Å². The number of likely N-dealkylation sites (tertiary alicyclic amines) is 1. The van der Waals surface area contributed by atoms with Gasteiger partial charge in [0.25, 0.3) is 0 Å². The number of nitrogens with zero attached hydrogens (tertiary/aromatic N) is 1. The van der Waals surface area contributed by atoms with Crippen molar-refractivity contribution in [2.75, 3.05) is 13.1 Å². The van der Waals surface area contributed by atoms with Crippen LogP contribution in [0.2, 0.25) is 0 Å². The van der Waals surface area contributed by atoms with Crippen molar-refractivity contribution in [2.24, 2.45) is 5.41 Å². The molecule has 1 aliphatic rings. The summed E-state index contributed by atoms with van der Waals surface area (Å²) >= 11 is 0. The molecule has 0 saturated carbocycles. The molecule has 0 aliphatic carbocycles. The van der Waals surface area contributed by atoms with E-state index in [0.29, 0.717) is 0 Å². The highest BCUT2D eigenvalue weighted by molar-refractivity contribution is 5.99. The second-order valence-electron chi connectivity index (χ2n) is 5.34. The fourth-order valence-electron chi connectivity index (χ4n) is 1.73. The van der Waals surface area contributed by atoms with Gasteiger partial charge in [-0.25, -0.2) is 4.79 Å². The highest BCUT2D eigenvalue weighted by atomic mass is 16.6. The van der Waals surface area contributed by atoms with Crippen molar-refractivity contribution in [3.8, 4) is 0 Å². The quantitative estimate of drug-likeness (QED) is 0.710. The van der Waals surface area contributed by atoms with E-state index >= 15 is 0 Å². The minimum absolute atomic E-state index is 0.0630. The molecular formula is C11H17NO6. The molecule has 0 bridgehead atoms. The topological polar surface area (TPSA) is 104 Å². The molecule has 0 unspecified atom stereocenters. The molecular weight excluding hydrogens is 242 g/mol. The summed E-state index contributed by atoms with van der Waals surface area (Å²) in [5.41, 5.74) is -2.62. The van der Waals surface area contributed by atoms with Crippen molar-refractivity contribution < 1.29 is 29.3 Å². The smallest absolute Gasteiger partial charge is 0.410 e. The number of hydrogen-bond donors (Lipinski definition) is 2. The van der Waals surface area contributed by atoms with E-state index < -0.39 is 29.0 Å². The van der Waals surface area contributed by atoms with Gasteiger partial charge < -0.3 is 19.8 Å². The number of hydrogen-bond acceptors (Lipinski definition) is 4. The minimum atomic E-state index is -1.92. The Bertz CT molecular complexity index is 369. The monoisotopic (exact) mass is 259 g/mol. The van der Waals surface area contributed by atoms with E-state index in [1.807, 2.05) is 0 Å². The molecule has 1 aliphatic heterocycles. The van der Waals surface area contributed by atoms with Gasteiger partial charge in [0, 0.05) is 6.54 Å². The van der Waals surface area contributed by atoms with Gasteiger partial charge in [0.05, 0.1) is 6.54 Å². The molecule has 2 N–H and O–H groups in total. The molecule has 0 spiro atoms. The molecule has 1 rings (SSSR count). The minimum Gasteiger partial charge on any atom is -0.480 e. The molecule has 1 heterocycles. The standard InChI is InChI=1S/C11H17NO6/c1-10(2,3)18-9(17)12-5-4-11(6-12,7(13)14)8(15)16/h4-6H2,1-3H3,(H,13,14)(H,15,16). The summed E-state index contributed by atoms with van der Waals surface area (Å²) in [5, 5.41) is 18.0. The molecule has 0 aromatic carbocycles. The Morgan fingerprint density at radius 1 is 1.17 bits per heavy atom. The first-order chi connectivity index (χ1) is 8.08. The average molecular weight is 259 g/mol. The van der Waals surface area contributed by atoms with E-state index in [1.54, 1.807) is 20.8 Å². The third-order valence-electron chi connectivity index (χ3n) is 2.74. The summed E-state index contributed by atoms with van der Waals surface area (Å²) in [4.78, 5) is 34.9. The van der Waals surface area contributed by atoms with Crippen LogP contribution >= 0.6 is 0 Å². The van der Waals surface area contributed by atoms with Crippen LogP contribution in [0, 0.1) is 5.41 Å². The van der Waals surface area contributed by atoms with Gasteiger partial charge in [-0.05, 0) is 27.2 Å². The molecule has 1 amide bonds. The zero-order valence-electron chi connectivity index (χ0n) is 10.6. The fraction of sp³-hybridized carbons (Fsp3) is 0.727. The van der Waals surface area contributed by atoms with Crippen LogP contribution in [0.25, 0.3) is 0 Å². The summed E-state index contributed by atoms with van der Waals surface area (Å²) in [7, 11) is 0. The maximum absolute atomic E-state index is 11.7. The van der Waals surface area contributed by atoms with Gasteiger partial charge in [0.1, 0.15) is 5.60 Å². The van der Waals surface area contributed by atoms with Crippen LogP contribution < -0.4 is 0 Å². The molecule has 0 aromatic heterocycles. The molecule has 0 aromatic rings. The Morgan fingerprint density at radius 2 is 1.67 bits per heavy atom. The molecule has 0 radical (unpaired) electrons. The number of ether oxygens (including phenoxy) is 1. The molecule has 0 atom stereocenters. The zero-order chi connectivity index (χ0) is 14.1. The van der Waals surface area contributed by atoms with Gasteiger partial charge in [-0.15, -0.1) is 0 Å². The van der Waals surface area contributed by atoms with Crippen LogP contribution in [0.3, 0.4) is 0 Å². The van der Waals surface area contributed by atoms with Gasteiger partial charge in [-0.2, -0.15) is 0 Å². The van der Waals surface area contributed by atoms with Crippen LogP contribution in [0.4, 0.5) is 4.79 Å². The first-order valence-electron chi connectivity index (χ1n) is 5.53. The van der Waals surface area contributed by atoms with E-state index in [2.05, 4.69) is 0 Å². The molecule has 1 fully saturated rings. The predicted molar refractivity (Wildman–Crippen MR) is 60.1 cm³/mol. The number of rotatable bonds is 2. The maximum Gasteiger partial charge on any atom is 0.410 e. The number of carbonyl (C=O) groups is 3. The lowest BCUT2D eigenvalue weighted by Gasteiger charge is -2.25. The van der Waals surface area contributed by atoms with Crippen molar-refractivity contribution in [1.29, 1.82) is 0 Å². The molecule has 102 valence electrons. The number of carboxylic acids is 2. The van der Waals surface area contributed by atoms with Crippen LogP contribution in [-0.4, -0.2) is 51.8 Å². The lowest BCUT2D eigenvalue weighted by Crippen LogP contribution is -2.43. The Kier molecular flexibility index (Phi) is 3.54. The summed E-state index contributed by atoms with van der Waals surface area (Å²) < 4.78 is 5.08. The number of carboxylic acid groups (broad SMARTS) is 2. The Hall–Kier alpha value is -1.79. The molecule has 7 heteroatoms. The van der Waals surface area contributed by atoms with Gasteiger partial charge in [-0.3, -0.25) is 9.59 Å². The number of aliphatic carboxylic acids is 2. The number of carbonyl (C=O) groups excluding carboxylic acids is 1. The van der Waals surface area contributed by atoms with E-state index in [9.17, 15) is 14.4 Å². The van der Waals surface area contributed by atoms with Gasteiger partial charge in [0.15, 0.2) is 5.41 Å². The SMILES string of the molecule is CC(C)(C)OC(=O)N1CCC(C(=O)O)(C(=O)O)C1. The van der Waals surface area contributed by atoms with Crippen LogP contribution in [0.5, 0.6) is 0 Å². The lowest BCUT2D eigenvalue weighted by atomic mass is 9.87. The second-order valence-corrected chi connectivity index (χ2v) is 5.34. The Labute approximate surface area is 104 Å². The average Bonchev–Trinajstić information content (AvgIpc) is 2.59. The van der Waals surface area contributed by atoms with Crippen molar-refractivity contribution >= 4 is 18.0 Å². The van der Waals surface area contributed by atoms with Gasteiger partial charge in [-0.1, -0.05) is 0 Å². The summed E-state index contributed by atoms with van der Waals surface area (Å²) in [6.45, 7) is 4.74. The lowest BCUT2D eigenvalue weighted by molar-refractivity contribution is -0.163. The largest absolute Gasteiger partial charge is 0.480 e. The zero-order valence-corrected chi connectivity index (χ0v) is 10.6. The second kappa shape index (κ2) is 4.47. The first kappa shape index (κ1) is 14.3. The summed E-state index contributed by atoms with van der Waals surface area (Å²) in [6, 6.07) is 0. The van der Waals surface area contributed by atoms with E-state index in [1.165, 1.54) is 0 Å². The molecule has 7 nitrogen and oxygen atoms in total. The maximum atomic E-state index is 11.7. The predicted octanol–water partition coefficient (Wildman–Crippen LogP) is 0.783. The highest BCUT2D eigenvalue weighted by Gasteiger charge is 2.53. The fourth-order valence-corrected chi connectivity index (χ4v) is 1.73. The first-order valence-corrected chi connectivity index (χ1v) is 5.53. The third kappa shape index (κ3) is 2.72. The molecule has 1 saturated heterocycles. The normalized spacial score (nSPS) is 18.5. The number of amides is 1. The summed E-state index contributed by atoms with van der Waals surface area (Å²) in [6.07, 6.45) is -0.802. The highest BCUT2D eigenvalue weighted by Crippen LogP contribution is 2.32. The van der Waals surface area contributed by atoms with Crippen LogP contribution in [0.15, 0.2) is 0 Å². The summed E-state index contributed by atoms with van der Waals surface area (Å²) in [5.74, 6) is -2.86. The van der Waals surface area contributed by atoms with E-state index in [-0.39, 0.29) is 19.5 Å². The Balaban J connectivity index is 2.79. The van der Waals surface area contributed by atoms with Gasteiger partial charge in [0.2, 0.25) is 0 Å². The van der Waals surface area contributed by atoms with E-state index in [4.69, 9.17) is 14.9 Å².